The zero-order valence-corrected chi connectivity index (χ0v) is 18.4. The fourth-order valence-electron chi connectivity index (χ4n) is 4.76. The number of fused-ring (bicyclic) bond motifs is 3. The molecule has 3 aliphatic heterocycles. The highest BCUT2D eigenvalue weighted by atomic mass is 16.6. The minimum atomic E-state index is 0.0139. The summed E-state index contributed by atoms with van der Waals surface area (Å²) in [6.45, 7) is 8.81. The van der Waals surface area contributed by atoms with Crippen LogP contribution in [-0.4, -0.2) is 67.5 Å². The maximum atomic E-state index is 9.11. The minimum Gasteiger partial charge on any atom is -0.492 e. The SMILES string of the molecule is CC(=Cc1ccccc1)CN1CCN(CC2ON=C3c4ccc(C#N)cc4OCC32)CC1. The standard InChI is InChI=1S/C26H28N4O2/c1-19(13-20-5-3-2-4-6-20)16-29-9-11-30(12-10-29)17-25-23-18-31-24-14-21(15-27)7-8-22(24)26(23)28-32-25/h2-8,13-14,23,25H,9-12,16-18H2,1H3. The molecule has 2 aromatic carbocycles. The van der Waals surface area contributed by atoms with E-state index >= 15 is 0 Å². The highest BCUT2D eigenvalue weighted by molar-refractivity contribution is 6.06. The van der Waals surface area contributed by atoms with E-state index in [1.54, 1.807) is 6.07 Å². The predicted molar refractivity (Wildman–Crippen MR) is 125 cm³/mol. The number of benzene rings is 2. The highest BCUT2D eigenvalue weighted by Crippen LogP contribution is 2.34. The molecule has 164 valence electrons. The van der Waals surface area contributed by atoms with E-state index in [0.29, 0.717) is 12.2 Å². The van der Waals surface area contributed by atoms with Crippen molar-refractivity contribution in [1.29, 1.82) is 5.26 Å². The molecule has 6 nitrogen and oxygen atoms in total. The average molecular weight is 429 g/mol. The summed E-state index contributed by atoms with van der Waals surface area (Å²) in [5.74, 6) is 0.875. The van der Waals surface area contributed by atoms with Crippen LogP contribution in [0.1, 0.15) is 23.6 Å². The topological polar surface area (TPSA) is 61.1 Å². The third kappa shape index (κ3) is 4.40. The molecule has 0 radical (unpaired) electrons. The van der Waals surface area contributed by atoms with Crippen molar-refractivity contribution in [2.45, 2.75) is 13.0 Å². The largest absolute Gasteiger partial charge is 0.492 e. The normalized spacial score (nSPS) is 23.4. The van der Waals surface area contributed by atoms with E-state index in [1.165, 1.54) is 11.1 Å². The summed E-state index contributed by atoms with van der Waals surface area (Å²) < 4.78 is 5.96. The van der Waals surface area contributed by atoms with E-state index in [0.717, 1.165) is 56.3 Å². The van der Waals surface area contributed by atoms with Crippen molar-refractivity contribution in [3.8, 4) is 11.8 Å². The number of rotatable bonds is 5. The molecule has 0 aromatic heterocycles. The molecule has 0 N–H and O–H groups in total. The molecule has 3 heterocycles. The first-order valence-electron chi connectivity index (χ1n) is 11.3. The van der Waals surface area contributed by atoms with E-state index in [1.807, 2.05) is 12.1 Å². The molecule has 1 saturated heterocycles. The maximum Gasteiger partial charge on any atom is 0.151 e. The van der Waals surface area contributed by atoms with E-state index < -0.39 is 0 Å². The molecule has 0 amide bonds. The van der Waals surface area contributed by atoms with Gasteiger partial charge in [0.1, 0.15) is 18.1 Å². The van der Waals surface area contributed by atoms with E-state index in [4.69, 9.17) is 14.8 Å². The van der Waals surface area contributed by atoms with Crippen LogP contribution in [0.3, 0.4) is 0 Å². The number of nitrogens with zero attached hydrogens (tertiary/aromatic N) is 4. The van der Waals surface area contributed by atoms with Crippen molar-refractivity contribution < 1.29 is 9.57 Å². The number of ether oxygens (including phenoxy) is 1. The molecule has 0 bridgehead atoms. The number of oxime groups is 1. The van der Waals surface area contributed by atoms with E-state index in [-0.39, 0.29) is 12.0 Å². The molecular weight excluding hydrogens is 400 g/mol. The third-order valence-corrected chi connectivity index (χ3v) is 6.48. The quantitative estimate of drug-likeness (QED) is 0.731. The Bertz CT molecular complexity index is 1060. The second-order valence-electron chi connectivity index (χ2n) is 8.84. The van der Waals surface area contributed by atoms with Gasteiger partial charge in [0.05, 0.1) is 17.6 Å². The summed E-state index contributed by atoms with van der Waals surface area (Å²) in [4.78, 5) is 10.9. The molecule has 5 rings (SSSR count). The van der Waals surface area contributed by atoms with Crippen molar-refractivity contribution in [2.75, 3.05) is 45.9 Å². The first kappa shape index (κ1) is 20.7. The summed E-state index contributed by atoms with van der Waals surface area (Å²) in [5, 5.41) is 13.5. The van der Waals surface area contributed by atoms with Gasteiger partial charge in [0.2, 0.25) is 0 Å². The smallest absolute Gasteiger partial charge is 0.151 e. The summed E-state index contributed by atoms with van der Waals surface area (Å²) in [6.07, 6.45) is 2.29. The van der Waals surface area contributed by atoms with Crippen LogP contribution in [0.4, 0.5) is 0 Å². The van der Waals surface area contributed by atoms with Crippen LogP contribution in [0.25, 0.3) is 6.08 Å². The Morgan fingerprint density at radius 1 is 1.12 bits per heavy atom. The minimum absolute atomic E-state index is 0.0139. The summed E-state index contributed by atoms with van der Waals surface area (Å²) in [7, 11) is 0. The Balaban J connectivity index is 1.13. The summed E-state index contributed by atoms with van der Waals surface area (Å²) in [5.41, 5.74) is 5.16. The molecule has 1 fully saturated rings. The molecule has 6 heteroatoms. The average Bonchev–Trinajstić information content (AvgIpc) is 3.23. The van der Waals surface area contributed by atoms with Crippen LogP contribution in [0.5, 0.6) is 5.75 Å². The third-order valence-electron chi connectivity index (χ3n) is 6.48. The highest BCUT2D eigenvalue weighted by Gasteiger charge is 2.40. The van der Waals surface area contributed by atoms with Crippen LogP contribution in [0.15, 0.2) is 59.3 Å². The number of piperazine rings is 1. The first-order chi connectivity index (χ1) is 15.7. The van der Waals surface area contributed by atoms with Crippen LogP contribution in [0, 0.1) is 17.2 Å². The molecule has 2 atom stereocenters. The second kappa shape index (κ2) is 9.15. The lowest BCUT2D eigenvalue weighted by Gasteiger charge is -2.36. The molecule has 3 aliphatic rings. The summed E-state index contributed by atoms with van der Waals surface area (Å²) >= 11 is 0. The van der Waals surface area contributed by atoms with Crippen molar-refractivity contribution in [3.05, 3.63) is 70.8 Å². The Morgan fingerprint density at radius 3 is 2.69 bits per heavy atom. The van der Waals surface area contributed by atoms with Gasteiger partial charge in [0.15, 0.2) is 6.10 Å². The van der Waals surface area contributed by atoms with Crippen LogP contribution in [0.2, 0.25) is 0 Å². The number of nitriles is 1. The van der Waals surface area contributed by atoms with Gasteiger partial charge >= 0.3 is 0 Å². The molecule has 0 spiro atoms. The van der Waals surface area contributed by atoms with Crippen LogP contribution in [-0.2, 0) is 4.84 Å². The van der Waals surface area contributed by atoms with Gasteiger partial charge in [-0.05, 0) is 30.7 Å². The molecular formula is C26H28N4O2. The Labute approximate surface area is 189 Å². The van der Waals surface area contributed by atoms with Gasteiger partial charge in [0.25, 0.3) is 0 Å². The Kier molecular flexibility index (Phi) is 5.93. The van der Waals surface area contributed by atoms with Gasteiger partial charge in [-0.15, -0.1) is 0 Å². The van der Waals surface area contributed by atoms with E-state index in [2.05, 4.69) is 64.4 Å². The predicted octanol–water partition coefficient (Wildman–Crippen LogP) is 3.39. The number of hydrogen-bond donors (Lipinski definition) is 0. The van der Waals surface area contributed by atoms with Gasteiger partial charge in [-0.1, -0.05) is 47.1 Å². The van der Waals surface area contributed by atoms with Crippen molar-refractivity contribution >= 4 is 11.8 Å². The molecule has 0 aliphatic carbocycles. The molecule has 0 saturated carbocycles. The maximum absolute atomic E-state index is 9.11. The van der Waals surface area contributed by atoms with Crippen LogP contribution < -0.4 is 4.74 Å². The Hall–Kier alpha value is -3.14. The van der Waals surface area contributed by atoms with Gasteiger partial charge < -0.3 is 9.57 Å². The molecule has 2 aromatic rings. The zero-order chi connectivity index (χ0) is 21.9. The number of hydrogen-bond acceptors (Lipinski definition) is 6. The lowest BCUT2D eigenvalue weighted by atomic mass is 9.89. The first-order valence-corrected chi connectivity index (χ1v) is 11.3. The van der Waals surface area contributed by atoms with Gasteiger partial charge in [-0.3, -0.25) is 9.80 Å². The zero-order valence-electron chi connectivity index (χ0n) is 18.4. The van der Waals surface area contributed by atoms with Crippen molar-refractivity contribution in [2.24, 2.45) is 11.1 Å². The van der Waals surface area contributed by atoms with E-state index in [9.17, 15) is 0 Å². The Morgan fingerprint density at radius 2 is 1.91 bits per heavy atom. The molecule has 2 unspecified atom stereocenters. The van der Waals surface area contributed by atoms with Crippen LogP contribution >= 0.6 is 0 Å². The lowest BCUT2D eigenvalue weighted by molar-refractivity contribution is 0.0101. The monoisotopic (exact) mass is 428 g/mol. The fourth-order valence-corrected chi connectivity index (χ4v) is 4.76. The lowest BCUT2D eigenvalue weighted by Crippen LogP contribution is -2.50. The second-order valence-corrected chi connectivity index (χ2v) is 8.84. The van der Waals surface area contributed by atoms with Crippen molar-refractivity contribution in [3.63, 3.8) is 0 Å². The molecule has 32 heavy (non-hydrogen) atoms. The van der Waals surface area contributed by atoms with Gasteiger partial charge in [0, 0.05) is 44.8 Å². The fraction of sp³-hybridized carbons (Fsp3) is 0.385. The van der Waals surface area contributed by atoms with Gasteiger partial charge in [-0.2, -0.15) is 5.26 Å². The summed E-state index contributed by atoms with van der Waals surface area (Å²) in [6, 6.07) is 18.2. The van der Waals surface area contributed by atoms with Gasteiger partial charge in [-0.25, -0.2) is 0 Å². The van der Waals surface area contributed by atoms with Crippen molar-refractivity contribution in [1.82, 2.24) is 9.80 Å².